The summed E-state index contributed by atoms with van der Waals surface area (Å²) >= 11 is 0. The molecular weight excluding hydrogens is 448 g/mol. The molecule has 34 heavy (non-hydrogen) atoms. The smallest absolute Gasteiger partial charge is 0.311 e. The molecule has 1 heterocycles. The molecular formula is C27H50O6Si. The average molecular weight is 499 g/mol. The molecule has 0 aromatic carbocycles. The van der Waals surface area contributed by atoms with Gasteiger partial charge in [0.2, 0.25) is 0 Å². The van der Waals surface area contributed by atoms with Crippen LogP contribution in [0.25, 0.3) is 0 Å². The van der Waals surface area contributed by atoms with Crippen molar-refractivity contribution in [1.82, 2.24) is 0 Å². The summed E-state index contributed by atoms with van der Waals surface area (Å²) in [6.07, 6.45) is 7.75. The molecule has 4 atom stereocenters. The van der Waals surface area contributed by atoms with E-state index in [1.54, 1.807) is 7.11 Å². The van der Waals surface area contributed by atoms with Crippen molar-refractivity contribution in [2.24, 2.45) is 5.92 Å². The van der Waals surface area contributed by atoms with Crippen LogP contribution in [0.2, 0.25) is 18.1 Å². The highest BCUT2D eigenvalue weighted by Crippen LogP contribution is 2.38. The van der Waals surface area contributed by atoms with Crippen molar-refractivity contribution in [2.45, 2.75) is 123 Å². The molecule has 1 saturated heterocycles. The molecule has 1 rings (SSSR count). The van der Waals surface area contributed by atoms with Gasteiger partial charge in [0, 0.05) is 19.4 Å². The van der Waals surface area contributed by atoms with Gasteiger partial charge in [-0.25, -0.2) is 0 Å². The van der Waals surface area contributed by atoms with Gasteiger partial charge in [0.15, 0.2) is 14.1 Å². The third-order valence-electron chi connectivity index (χ3n) is 6.99. The second-order valence-corrected chi connectivity index (χ2v) is 17.0. The molecule has 198 valence electrons. The van der Waals surface area contributed by atoms with Crippen molar-refractivity contribution in [1.29, 1.82) is 0 Å². The summed E-state index contributed by atoms with van der Waals surface area (Å²) < 4.78 is 23.4. The normalized spacial score (nSPS) is 26.1. The third kappa shape index (κ3) is 9.94. The van der Waals surface area contributed by atoms with Gasteiger partial charge >= 0.3 is 5.97 Å². The number of allylic oxidation sites excluding steroid dienone is 2. The topological polar surface area (TPSA) is 74.2 Å². The standard InChI is InChI=1S/C27H50O6Si/c1-20(14-12-13-17-31-34(10,11)26(6,7)8)23(30-9)18-22-16-15-21(2)27(29,32-22)19-24(28)33-25(3,4)5/h12-14,21-23,29H,15-19H2,1-11H3/b13-12+,20-14+/t21-,22+,23+,27+/m1/s1. The van der Waals surface area contributed by atoms with Gasteiger partial charge < -0.3 is 23.7 Å². The number of hydrogen-bond donors (Lipinski definition) is 1. The average Bonchev–Trinajstić information content (AvgIpc) is 2.65. The van der Waals surface area contributed by atoms with E-state index in [0.717, 1.165) is 18.4 Å². The maximum absolute atomic E-state index is 12.3. The molecule has 0 bridgehead atoms. The number of hydrogen-bond acceptors (Lipinski definition) is 6. The lowest BCUT2D eigenvalue weighted by atomic mass is 9.86. The summed E-state index contributed by atoms with van der Waals surface area (Å²) in [5, 5.41) is 11.3. The number of rotatable bonds is 10. The number of ether oxygens (including phenoxy) is 3. The lowest BCUT2D eigenvalue weighted by molar-refractivity contribution is -0.286. The van der Waals surface area contributed by atoms with Crippen LogP contribution in [0.15, 0.2) is 23.8 Å². The third-order valence-corrected chi connectivity index (χ3v) is 11.5. The molecule has 0 spiro atoms. The lowest BCUT2D eigenvalue weighted by Crippen LogP contribution is -2.49. The SMILES string of the molecule is CO[C@@H](C[C@@H]1CC[C@@H](C)[C@](O)(CC(=O)OC(C)(C)C)O1)/C(C)=C/C=C/CO[Si](C)(C)C(C)(C)C. The van der Waals surface area contributed by atoms with Crippen LogP contribution >= 0.6 is 0 Å². The van der Waals surface area contributed by atoms with Crippen LogP contribution in [0.5, 0.6) is 0 Å². The van der Waals surface area contributed by atoms with Gasteiger partial charge in [0.25, 0.3) is 0 Å². The van der Waals surface area contributed by atoms with Gasteiger partial charge in [0.1, 0.15) is 5.60 Å². The Morgan fingerprint density at radius 1 is 1.21 bits per heavy atom. The first-order valence-electron chi connectivity index (χ1n) is 12.5. The van der Waals surface area contributed by atoms with Gasteiger partial charge in [-0.3, -0.25) is 4.79 Å². The van der Waals surface area contributed by atoms with E-state index in [1.165, 1.54) is 0 Å². The number of esters is 1. The first-order valence-corrected chi connectivity index (χ1v) is 15.4. The number of methoxy groups -OCH3 is 1. The largest absolute Gasteiger partial charge is 0.460 e. The van der Waals surface area contributed by atoms with Crippen LogP contribution in [0, 0.1) is 5.92 Å². The molecule has 1 aliphatic heterocycles. The van der Waals surface area contributed by atoms with Crippen molar-refractivity contribution in [2.75, 3.05) is 13.7 Å². The molecule has 0 aromatic rings. The van der Waals surface area contributed by atoms with Crippen LogP contribution < -0.4 is 0 Å². The fraction of sp³-hybridized carbons (Fsp3) is 0.815. The fourth-order valence-corrected chi connectivity index (χ4v) is 4.60. The minimum Gasteiger partial charge on any atom is -0.460 e. The molecule has 0 amide bonds. The van der Waals surface area contributed by atoms with Gasteiger partial charge in [0.05, 0.1) is 25.2 Å². The Morgan fingerprint density at radius 3 is 2.35 bits per heavy atom. The number of aliphatic hydroxyl groups is 1. The van der Waals surface area contributed by atoms with E-state index < -0.39 is 25.7 Å². The fourth-order valence-electron chi connectivity index (χ4n) is 3.65. The van der Waals surface area contributed by atoms with Crippen LogP contribution in [-0.2, 0) is 23.4 Å². The van der Waals surface area contributed by atoms with E-state index in [0.29, 0.717) is 13.0 Å². The second-order valence-electron chi connectivity index (χ2n) is 12.2. The Labute approximate surface area is 209 Å². The summed E-state index contributed by atoms with van der Waals surface area (Å²) in [4.78, 5) is 12.3. The van der Waals surface area contributed by atoms with Crippen molar-refractivity contribution >= 4 is 14.3 Å². The summed E-state index contributed by atoms with van der Waals surface area (Å²) in [6, 6.07) is 0. The van der Waals surface area contributed by atoms with Crippen molar-refractivity contribution < 1.29 is 28.5 Å². The molecule has 0 radical (unpaired) electrons. The highest BCUT2D eigenvalue weighted by atomic mass is 28.4. The van der Waals surface area contributed by atoms with Crippen molar-refractivity contribution in [3.63, 3.8) is 0 Å². The Balaban J connectivity index is 2.72. The molecule has 1 fully saturated rings. The van der Waals surface area contributed by atoms with Gasteiger partial charge in [-0.05, 0) is 64.2 Å². The number of carbonyl (C=O) groups excluding carboxylic acids is 1. The maximum Gasteiger partial charge on any atom is 0.311 e. The summed E-state index contributed by atoms with van der Waals surface area (Å²) in [6.45, 7) is 21.2. The quantitative estimate of drug-likeness (QED) is 0.221. The van der Waals surface area contributed by atoms with E-state index in [2.05, 4.69) is 33.9 Å². The minimum atomic E-state index is -1.75. The van der Waals surface area contributed by atoms with E-state index in [-0.39, 0.29) is 29.6 Å². The monoisotopic (exact) mass is 498 g/mol. The number of carbonyl (C=O) groups is 1. The molecule has 1 aliphatic rings. The Bertz CT molecular complexity index is 716. The lowest BCUT2D eigenvalue weighted by Gasteiger charge is -2.42. The first-order chi connectivity index (χ1) is 15.4. The van der Waals surface area contributed by atoms with E-state index in [1.807, 2.05) is 52.8 Å². The molecule has 1 N–H and O–H groups in total. The second kappa shape index (κ2) is 12.3. The molecule has 0 aromatic heterocycles. The highest BCUT2D eigenvalue weighted by Gasteiger charge is 2.44. The first kappa shape index (κ1) is 31.0. The van der Waals surface area contributed by atoms with Crippen molar-refractivity contribution in [3.05, 3.63) is 23.8 Å². The van der Waals surface area contributed by atoms with E-state index >= 15 is 0 Å². The van der Waals surface area contributed by atoms with Crippen LogP contribution in [0.1, 0.15) is 81.1 Å². The predicted molar refractivity (Wildman–Crippen MR) is 140 cm³/mol. The Morgan fingerprint density at radius 2 is 1.82 bits per heavy atom. The summed E-state index contributed by atoms with van der Waals surface area (Å²) in [5.74, 6) is -2.13. The van der Waals surface area contributed by atoms with Gasteiger partial charge in [-0.2, -0.15) is 0 Å². The Hall–Kier alpha value is -0.993. The maximum atomic E-state index is 12.3. The zero-order chi connectivity index (χ0) is 26.4. The van der Waals surface area contributed by atoms with Crippen molar-refractivity contribution in [3.8, 4) is 0 Å². The van der Waals surface area contributed by atoms with Crippen LogP contribution in [-0.4, -0.2) is 56.7 Å². The summed E-state index contributed by atoms with van der Waals surface area (Å²) in [5.41, 5.74) is 0.473. The zero-order valence-corrected chi connectivity index (χ0v) is 24.5. The molecule has 0 unspecified atom stereocenters. The molecule has 7 heteroatoms. The highest BCUT2D eigenvalue weighted by molar-refractivity contribution is 6.74. The summed E-state index contributed by atoms with van der Waals surface area (Å²) in [7, 11) is -0.0696. The minimum absolute atomic E-state index is 0.143. The van der Waals surface area contributed by atoms with Gasteiger partial charge in [-0.15, -0.1) is 0 Å². The van der Waals surface area contributed by atoms with E-state index in [4.69, 9.17) is 18.6 Å². The molecule has 0 aliphatic carbocycles. The van der Waals surface area contributed by atoms with Gasteiger partial charge in [-0.1, -0.05) is 45.9 Å². The molecule has 0 saturated carbocycles. The van der Waals surface area contributed by atoms with E-state index in [9.17, 15) is 9.90 Å². The van der Waals surface area contributed by atoms with Crippen LogP contribution in [0.3, 0.4) is 0 Å². The predicted octanol–water partition coefficient (Wildman–Crippen LogP) is 6.15. The molecule has 6 nitrogen and oxygen atoms in total. The van der Waals surface area contributed by atoms with Crippen LogP contribution in [0.4, 0.5) is 0 Å². The zero-order valence-electron chi connectivity index (χ0n) is 23.5. The Kier molecular flexibility index (Phi) is 11.2.